The molecular weight excluding hydrogens is 352 g/mol. The van der Waals surface area contributed by atoms with E-state index >= 15 is 0 Å². The normalized spacial score (nSPS) is 11.8. The molecule has 2 rings (SSSR count). The largest absolute Gasteiger partial charge is 0.493 e. The number of benzene rings is 1. The van der Waals surface area contributed by atoms with Gasteiger partial charge in [-0.3, -0.25) is 4.79 Å². The molecule has 1 aromatic carbocycles. The molecule has 2 N–H and O–H groups in total. The fraction of sp³-hybridized carbons (Fsp3) is 0.421. The molecule has 6 nitrogen and oxygen atoms in total. The van der Waals surface area contributed by atoms with Crippen molar-refractivity contribution in [2.45, 2.75) is 26.1 Å². The van der Waals surface area contributed by atoms with Crippen LogP contribution in [-0.2, 0) is 22.7 Å². The maximum absolute atomic E-state index is 12.4. The van der Waals surface area contributed by atoms with Crippen molar-refractivity contribution in [3.63, 3.8) is 0 Å². The van der Waals surface area contributed by atoms with E-state index in [1.807, 2.05) is 42.6 Å². The molecule has 142 valence electrons. The molecule has 1 amide bonds. The van der Waals surface area contributed by atoms with Gasteiger partial charge in [0.2, 0.25) is 5.91 Å². The van der Waals surface area contributed by atoms with E-state index in [9.17, 15) is 4.79 Å². The molecule has 0 aliphatic rings. The van der Waals surface area contributed by atoms with E-state index < -0.39 is 6.04 Å². The quantitative estimate of drug-likeness (QED) is 0.688. The molecule has 0 aliphatic heterocycles. The Hall–Kier alpha value is -2.09. The van der Waals surface area contributed by atoms with Crippen LogP contribution in [0.25, 0.3) is 0 Å². The Morgan fingerprint density at radius 2 is 2.08 bits per heavy atom. The van der Waals surface area contributed by atoms with Crippen molar-refractivity contribution >= 4 is 17.2 Å². The second kappa shape index (κ2) is 10.2. The van der Waals surface area contributed by atoms with Crippen LogP contribution < -0.4 is 15.2 Å². The molecule has 1 aromatic heterocycles. The number of carbonyl (C=O) groups is 1. The van der Waals surface area contributed by atoms with Crippen molar-refractivity contribution in [2.24, 2.45) is 5.73 Å². The molecule has 0 bridgehead atoms. The number of likely N-dealkylation sites (N-methyl/N-ethyl adjacent to an activating group) is 1. The van der Waals surface area contributed by atoms with E-state index in [4.69, 9.17) is 19.9 Å². The molecule has 0 spiro atoms. The standard InChI is InChI=1S/C19H26N2O4S/c1-4-21(19(22)16(20)13-23-2)11-14-7-8-17(18(10-14)24-3)25-12-15-6-5-9-26-15/h5-10,16H,4,11-13,20H2,1-3H3. The van der Waals surface area contributed by atoms with Gasteiger partial charge in [0.05, 0.1) is 13.7 Å². The van der Waals surface area contributed by atoms with Crippen LogP contribution in [0.5, 0.6) is 11.5 Å². The molecule has 26 heavy (non-hydrogen) atoms. The van der Waals surface area contributed by atoms with Crippen molar-refractivity contribution in [2.75, 3.05) is 27.4 Å². The van der Waals surface area contributed by atoms with Crippen LogP contribution in [0.1, 0.15) is 17.4 Å². The molecule has 0 aliphatic carbocycles. The minimum atomic E-state index is -0.657. The second-order valence-electron chi connectivity index (χ2n) is 5.77. The van der Waals surface area contributed by atoms with Crippen LogP contribution in [0.4, 0.5) is 0 Å². The summed E-state index contributed by atoms with van der Waals surface area (Å²) in [4.78, 5) is 15.2. The van der Waals surface area contributed by atoms with Crippen LogP contribution in [-0.4, -0.2) is 44.2 Å². The molecule has 0 saturated heterocycles. The third kappa shape index (κ3) is 5.45. The van der Waals surface area contributed by atoms with E-state index in [1.54, 1.807) is 23.3 Å². The predicted molar refractivity (Wildman–Crippen MR) is 103 cm³/mol. The van der Waals surface area contributed by atoms with Gasteiger partial charge in [0, 0.05) is 25.1 Å². The lowest BCUT2D eigenvalue weighted by Gasteiger charge is -2.24. The van der Waals surface area contributed by atoms with Gasteiger partial charge in [0.15, 0.2) is 11.5 Å². The van der Waals surface area contributed by atoms with E-state index in [2.05, 4.69) is 0 Å². The number of amides is 1. The Balaban J connectivity index is 2.05. The summed E-state index contributed by atoms with van der Waals surface area (Å²) in [5, 5.41) is 2.02. The third-order valence-electron chi connectivity index (χ3n) is 3.91. The number of methoxy groups -OCH3 is 2. The summed E-state index contributed by atoms with van der Waals surface area (Å²) in [6.45, 7) is 3.64. The molecule has 7 heteroatoms. The van der Waals surface area contributed by atoms with Gasteiger partial charge in [-0.1, -0.05) is 12.1 Å². The number of carbonyl (C=O) groups excluding carboxylic acids is 1. The fourth-order valence-corrected chi connectivity index (χ4v) is 3.14. The van der Waals surface area contributed by atoms with Crippen LogP contribution in [0.3, 0.4) is 0 Å². The van der Waals surface area contributed by atoms with Gasteiger partial charge in [0.25, 0.3) is 0 Å². The van der Waals surface area contributed by atoms with Gasteiger partial charge in [0.1, 0.15) is 12.6 Å². The SMILES string of the molecule is CCN(Cc1ccc(OCc2cccs2)c(OC)c1)C(=O)C(N)COC. The lowest BCUT2D eigenvalue weighted by atomic mass is 10.1. The maximum atomic E-state index is 12.4. The first-order valence-electron chi connectivity index (χ1n) is 8.44. The molecule has 1 unspecified atom stereocenters. The summed E-state index contributed by atoms with van der Waals surface area (Å²) in [6, 6.07) is 9.06. The van der Waals surface area contributed by atoms with Crippen molar-refractivity contribution in [3.8, 4) is 11.5 Å². The highest BCUT2D eigenvalue weighted by Crippen LogP contribution is 2.29. The minimum absolute atomic E-state index is 0.133. The van der Waals surface area contributed by atoms with Crippen molar-refractivity contribution < 1.29 is 19.0 Å². The topological polar surface area (TPSA) is 74.0 Å². The average molecular weight is 378 g/mol. The zero-order valence-corrected chi connectivity index (χ0v) is 16.3. The maximum Gasteiger partial charge on any atom is 0.242 e. The molecule has 1 atom stereocenters. The highest BCUT2D eigenvalue weighted by atomic mass is 32.1. The average Bonchev–Trinajstić information content (AvgIpc) is 3.18. The fourth-order valence-electron chi connectivity index (χ4n) is 2.52. The highest BCUT2D eigenvalue weighted by molar-refractivity contribution is 7.09. The lowest BCUT2D eigenvalue weighted by Crippen LogP contribution is -2.45. The van der Waals surface area contributed by atoms with E-state index in [-0.39, 0.29) is 12.5 Å². The Morgan fingerprint density at radius 1 is 1.27 bits per heavy atom. The van der Waals surface area contributed by atoms with Crippen LogP contribution in [0.2, 0.25) is 0 Å². The zero-order valence-electron chi connectivity index (χ0n) is 15.4. The summed E-state index contributed by atoms with van der Waals surface area (Å²) in [5.74, 6) is 1.19. The highest BCUT2D eigenvalue weighted by Gasteiger charge is 2.20. The number of rotatable bonds is 10. The summed E-state index contributed by atoms with van der Waals surface area (Å²) >= 11 is 1.65. The summed E-state index contributed by atoms with van der Waals surface area (Å²) in [5.41, 5.74) is 6.81. The number of ether oxygens (including phenoxy) is 3. The summed E-state index contributed by atoms with van der Waals surface area (Å²) in [6.07, 6.45) is 0. The third-order valence-corrected chi connectivity index (χ3v) is 4.76. The van der Waals surface area contributed by atoms with E-state index in [0.29, 0.717) is 31.2 Å². The molecule has 0 radical (unpaired) electrons. The number of hydrogen-bond acceptors (Lipinski definition) is 6. The summed E-state index contributed by atoms with van der Waals surface area (Å²) in [7, 11) is 3.14. The van der Waals surface area contributed by atoms with Gasteiger partial charge in [-0.25, -0.2) is 0 Å². The lowest BCUT2D eigenvalue weighted by molar-refractivity contribution is -0.134. The van der Waals surface area contributed by atoms with Gasteiger partial charge in [-0.2, -0.15) is 0 Å². The van der Waals surface area contributed by atoms with Gasteiger partial charge in [-0.15, -0.1) is 11.3 Å². The Labute approximate surface area is 158 Å². The number of nitrogens with two attached hydrogens (primary N) is 1. The molecule has 0 fully saturated rings. The van der Waals surface area contributed by atoms with Crippen LogP contribution in [0.15, 0.2) is 35.7 Å². The second-order valence-corrected chi connectivity index (χ2v) is 6.80. The zero-order chi connectivity index (χ0) is 18.9. The van der Waals surface area contributed by atoms with E-state index in [1.165, 1.54) is 7.11 Å². The molecular formula is C19H26N2O4S. The summed E-state index contributed by atoms with van der Waals surface area (Å²) < 4.78 is 16.3. The van der Waals surface area contributed by atoms with Crippen LogP contribution >= 0.6 is 11.3 Å². The van der Waals surface area contributed by atoms with Crippen LogP contribution in [0, 0.1) is 0 Å². The first kappa shape index (κ1) is 20.2. The molecule has 2 aromatic rings. The number of nitrogens with zero attached hydrogens (tertiary/aromatic N) is 1. The van der Waals surface area contributed by atoms with Gasteiger partial charge >= 0.3 is 0 Å². The van der Waals surface area contributed by atoms with Crippen molar-refractivity contribution in [1.82, 2.24) is 4.90 Å². The smallest absolute Gasteiger partial charge is 0.242 e. The monoisotopic (exact) mass is 378 g/mol. The van der Waals surface area contributed by atoms with Crippen molar-refractivity contribution in [1.29, 1.82) is 0 Å². The first-order valence-corrected chi connectivity index (χ1v) is 9.32. The first-order chi connectivity index (χ1) is 12.6. The minimum Gasteiger partial charge on any atom is -0.493 e. The van der Waals surface area contributed by atoms with Gasteiger partial charge < -0.3 is 24.8 Å². The Morgan fingerprint density at radius 3 is 2.69 bits per heavy atom. The van der Waals surface area contributed by atoms with E-state index in [0.717, 1.165) is 10.4 Å². The predicted octanol–water partition coefficient (Wildman–Crippen LogP) is 2.66. The number of hydrogen-bond donors (Lipinski definition) is 1. The molecule has 1 heterocycles. The Bertz CT molecular complexity index is 691. The van der Waals surface area contributed by atoms with Gasteiger partial charge in [-0.05, 0) is 36.1 Å². The molecule has 0 saturated carbocycles. The number of thiophene rings is 1. The Kier molecular flexibility index (Phi) is 7.90. The van der Waals surface area contributed by atoms with Crippen molar-refractivity contribution in [3.05, 3.63) is 46.2 Å².